The summed E-state index contributed by atoms with van der Waals surface area (Å²) in [5.74, 6) is 0. The third-order valence-corrected chi connectivity index (χ3v) is 10.1. The fourth-order valence-electron chi connectivity index (χ4n) is 7.89. The quantitative estimate of drug-likeness (QED) is 0.174. The van der Waals surface area contributed by atoms with Crippen molar-refractivity contribution in [2.75, 3.05) is 4.90 Å². The Balaban J connectivity index is 1.23. The third kappa shape index (κ3) is 4.74. The van der Waals surface area contributed by atoms with E-state index in [-0.39, 0.29) is 0 Å². The number of para-hydroxylation sites is 4. The van der Waals surface area contributed by atoms with Crippen molar-refractivity contribution in [1.29, 1.82) is 0 Å². The topological polar surface area (TPSA) is 13.1 Å². The Kier molecular flexibility index (Phi) is 6.81. The van der Waals surface area contributed by atoms with Crippen LogP contribution in [0.1, 0.15) is 0 Å². The number of nitrogens with zero attached hydrogens (tertiary/aromatic N) is 3. The monoisotopic (exact) mass is 651 g/mol. The zero-order valence-corrected chi connectivity index (χ0v) is 27.9. The summed E-state index contributed by atoms with van der Waals surface area (Å²) < 4.78 is 4.79. The summed E-state index contributed by atoms with van der Waals surface area (Å²) in [5, 5.41) is 4.95. The summed E-state index contributed by atoms with van der Waals surface area (Å²) in [4.78, 5) is 2.39. The molecule has 0 aliphatic heterocycles. The van der Waals surface area contributed by atoms with Crippen LogP contribution in [0.25, 0.3) is 66.1 Å². The van der Waals surface area contributed by atoms with E-state index in [4.69, 9.17) is 0 Å². The Morgan fingerprint density at radius 3 is 1.59 bits per heavy atom. The summed E-state index contributed by atoms with van der Waals surface area (Å²) in [7, 11) is 0. The standard InChI is InChI=1S/C48H33N3/c1-5-16-34(17-6-1)40-25-15-27-46-48(40)42-30-28-39(33-47(42)51(46)37-22-11-4-12-23-37)49(35-18-7-2-8-19-35)38-29-31-45-43(32-38)41-24-13-14-26-44(41)50(45)36-20-9-3-10-21-36/h1-33H. The van der Waals surface area contributed by atoms with Crippen LogP contribution in [-0.2, 0) is 0 Å². The molecule has 0 N–H and O–H groups in total. The molecule has 0 atom stereocenters. The van der Waals surface area contributed by atoms with Gasteiger partial charge in [0.15, 0.2) is 0 Å². The molecule has 51 heavy (non-hydrogen) atoms. The van der Waals surface area contributed by atoms with E-state index >= 15 is 0 Å². The zero-order valence-electron chi connectivity index (χ0n) is 27.9. The summed E-state index contributed by atoms with van der Waals surface area (Å²) in [6, 6.07) is 72.1. The molecule has 0 bridgehead atoms. The molecule has 3 nitrogen and oxygen atoms in total. The molecule has 0 amide bonds. The second-order valence-electron chi connectivity index (χ2n) is 13.0. The highest BCUT2D eigenvalue weighted by Crippen LogP contribution is 2.43. The molecule has 3 heteroatoms. The van der Waals surface area contributed by atoms with Gasteiger partial charge in [0.05, 0.1) is 22.1 Å². The van der Waals surface area contributed by atoms with E-state index in [2.05, 4.69) is 214 Å². The molecule has 2 heterocycles. The minimum absolute atomic E-state index is 1.10. The van der Waals surface area contributed by atoms with E-state index < -0.39 is 0 Å². The van der Waals surface area contributed by atoms with Crippen molar-refractivity contribution in [3.8, 4) is 22.5 Å². The maximum absolute atomic E-state index is 2.42. The molecular weight excluding hydrogens is 619 g/mol. The van der Waals surface area contributed by atoms with Crippen LogP contribution in [0.2, 0.25) is 0 Å². The van der Waals surface area contributed by atoms with Gasteiger partial charge >= 0.3 is 0 Å². The smallest absolute Gasteiger partial charge is 0.0562 e. The highest BCUT2D eigenvalue weighted by atomic mass is 15.1. The van der Waals surface area contributed by atoms with Gasteiger partial charge in [0, 0.05) is 50.0 Å². The summed E-state index contributed by atoms with van der Waals surface area (Å²) in [6.07, 6.45) is 0. The summed E-state index contributed by atoms with van der Waals surface area (Å²) in [6.45, 7) is 0. The highest BCUT2D eigenvalue weighted by molar-refractivity contribution is 6.17. The average molecular weight is 652 g/mol. The first-order valence-corrected chi connectivity index (χ1v) is 17.5. The van der Waals surface area contributed by atoms with Gasteiger partial charge in [-0.15, -0.1) is 0 Å². The van der Waals surface area contributed by atoms with Gasteiger partial charge in [-0.05, 0) is 90.0 Å². The van der Waals surface area contributed by atoms with Crippen LogP contribution in [0.15, 0.2) is 200 Å². The molecule has 0 aliphatic carbocycles. The van der Waals surface area contributed by atoms with Crippen LogP contribution in [-0.4, -0.2) is 9.13 Å². The van der Waals surface area contributed by atoms with Gasteiger partial charge in [-0.3, -0.25) is 0 Å². The second kappa shape index (κ2) is 11.9. The van der Waals surface area contributed by atoms with Gasteiger partial charge in [0.1, 0.15) is 0 Å². The van der Waals surface area contributed by atoms with E-state index in [1.54, 1.807) is 0 Å². The van der Waals surface area contributed by atoms with Crippen LogP contribution >= 0.6 is 0 Å². The molecule has 0 radical (unpaired) electrons. The first-order valence-electron chi connectivity index (χ1n) is 17.5. The minimum atomic E-state index is 1.10. The number of aromatic nitrogens is 2. The summed E-state index contributed by atoms with van der Waals surface area (Å²) in [5.41, 5.74) is 12.8. The summed E-state index contributed by atoms with van der Waals surface area (Å²) >= 11 is 0. The van der Waals surface area contributed by atoms with Crippen molar-refractivity contribution >= 4 is 60.7 Å². The number of anilines is 3. The van der Waals surface area contributed by atoms with Crippen LogP contribution in [0.5, 0.6) is 0 Å². The molecular formula is C48H33N3. The van der Waals surface area contributed by atoms with Gasteiger partial charge in [0.2, 0.25) is 0 Å². The molecule has 0 spiro atoms. The van der Waals surface area contributed by atoms with Gasteiger partial charge < -0.3 is 14.0 Å². The Morgan fingerprint density at radius 2 is 0.863 bits per heavy atom. The lowest BCUT2D eigenvalue weighted by atomic mass is 9.99. The van der Waals surface area contributed by atoms with Gasteiger partial charge in [-0.2, -0.15) is 0 Å². The van der Waals surface area contributed by atoms with Gasteiger partial charge in [-0.1, -0.05) is 121 Å². The number of rotatable bonds is 6. The molecule has 0 saturated heterocycles. The Labute approximate surface area is 296 Å². The Hall–Kier alpha value is -6.84. The SMILES string of the molecule is c1ccc(-c2cccc3c2c2ccc(N(c4ccccc4)c4ccc5c(c4)c4ccccc4n5-c4ccccc4)cc2n3-c2ccccc2)cc1. The molecule has 0 unspecified atom stereocenters. The fourth-order valence-corrected chi connectivity index (χ4v) is 7.89. The van der Waals surface area contributed by atoms with Crippen molar-refractivity contribution in [3.05, 3.63) is 200 Å². The van der Waals surface area contributed by atoms with Crippen molar-refractivity contribution in [3.63, 3.8) is 0 Å². The van der Waals surface area contributed by atoms with Crippen molar-refractivity contribution < 1.29 is 0 Å². The number of fused-ring (bicyclic) bond motifs is 6. The molecule has 0 saturated carbocycles. The van der Waals surface area contributed by atoms with Crippen molar-refractivity contribution in [2.24, 2.45) is 0 Å². The zero-order chi connectivity index (χ0) is 33.7. The first-order chi connectivity index (χ1) is 25.3. The van der Waals surface area contributed by atoms with E-state index in [1.165, 1.54) is 54.7 Å². The third-order valence-electron chi connectivity index (χ3n) is 10.1. The number of hydrogen-bond acceptors (Lipinski definition) is 1. The predicted molar refractivity (Wildman–Crippen MR) is 215 cm³/mol. The first kappa shape index (κ1) is 29.1. The van der Waals surface area contributed by atoms with Crippen LogP contribution < -0.4 is 4.90 Å². The van der Waals surface area contributed by atoms with Crippen LogP contribution in [0.4, 0.5) is 17.1 Å². The van der Waals surface area contributed by atoms with Gasteiger partial charge in [-0.25, -0.2) is 0 Å². The van der Waals surface area contributed by atoms with Gasteiger partial charge in [0.25, 0.3) is 0 Å². The van der Waals surface area contributed by atoms with E-state index in [9.17, 15) is 0 Å². The lowest BCUT2D eigenvalue weighted by molar-refractivity contribution is 1.17. The molecule has 0 aliphatic rings. The molecule has 10 aromatic rings. The maximum Gasteiger partial charge on any atom is 0.0562 e. The fraction of sp³-hybridized carbons (Fsp3) is 0. The Bertz CT molecular complexity index is 2830. The Morgan fingerprint density at radius 1 is 0.314 bits per heavy atom. The minimum Gasteiger partial charge on any atom is -0.310 e. The van der Waals surface area contributed by atoms with E-state index in [0.29, 0.717) is 0 Å². The lowest BCUT2D eigenvalue weighted by Crippen LogP contribution is -2.10. The molecule has 240 valence electrons. The van der Waals surface area contributed by atoms with E-state index in [1.807, 2.05) is 0 Å². The van der Waals surface area contributed by atoms with E-state index in [0.717, 1.165) is 28.4 Å². The highest BCUT2D eigenvalue weighted by Gasteiger charge is 2.21. The molecule has 0 fully saturated rings. The molecule has 10 rings (SSSR count). The second-order valence-corrected chi connectivity index (χ2v) is 13.0. The predicted octanol–water partition coefficient (Wildman–Crippen LogP) is 13.0. The molecule has 8 aromatic carbocycles. The normalized spacial score (nSPS) is 11.5. The molecule has 2 aromatic heterocycles. The van der Waals surface area contributed by atoms with Crippen LogP contribution in [0.3, 0.4) is 0 Å². The van der Waals surface area contributed by atoms with Crippen molar-refractivity contribution in [2.45, 2.75) is 0 Å². The van der Waals surface area contributed by atoms with Crippen molar-refractivity contribution in [1.82, 2.24) is 9.13 Å². The van der Waals surface area contributed by atoms with Crippen LogP contribution in [0, 0.1) is 0 Å². The largest absolute Gasteiger partial charge is 0.310 e. The lowest BCUT2D eigenvalue weighted by Gasteiger charge is -2.26. The maximum atomic E-state index is 2.42. The average Bonchev–Trinajstić information content (AvgIpc) is 3.72. The number of hydrogen-bond donors (Lipinski definition) is 0. The number of benzene rings is 8.